The Bertz CT molecular complexity index is 488. The second-order valence-corrected chi connectivity index (χ2v) is 6.18. The number of hydrogen-bond donors (Lipinski definition) is 1. The predicted octanol–water partition coefficient (Wildman–Crippen LogP) is 1.36. The van der Waals surface area contributed by atoms with E-state index in [1.165, 1.54) is 0 Å². The maximum absolute atomic E-state index is 12.8. The van der Waals surface area contributed by atoms with E-state index in [0.717, 1.165) is 57.9 Å². The van der Waals surface area contributed by atoms with Crippen LogP contribution >= 0.6 is 24.8 Å². The van der Waals surface area contributed by atoms with Crippen LogP contribution < -0.4 is 10.2 Å². The van der Waals surface area contributed by atoms with Gasteiger partial charge in [0.25, 0.3) is 0 Å². The van der Waals surface area contributed by atoms with E-state index in [9.17, 15) is 4.79 Å². The number of carbonyl (C=O) groups is 1. The zero-order valence-corrected chi connectivity index (χ0v) is 15.0. The Kier molecular flexibility index (Phi) is 7.51. The Morgan fingerprint density at radius 1 is 1.22 bits per heavy atom. The van der Waals surface area contributed by atoms with Crippen LogP contribution in [0.5, 0.6) is 0 Å². The number of rotatable bonds is 2. The lowest BCUT2D eigenvalue weighted by molar-refractivity contribution is -0.142. The van der Waals surface area contributed by atoms with Crippen molar-refractivity contribution in [3.8, 4) is 0 Å². The smallest absolute Gasteiger partial charge is 0.229 e. The molecule has 3 heterocycles. The van der Waals surface area contributed by atoms with Crippen LogP contribution in [-0.2, 0) is 4.79 Å². The maximum Gasteiger partial charge on any atom is 0.229 e. The number of piperazine rings is 1. The predicted molar refractivity (Wildman–Crippen MR) is 95.5 cm³/mol. The largest absolute Gasteiger partial charge is 0.352 e. The quantitative estimate of drug-likeness (QED) is 0.861. The summed E-state index contributed by atoms with van der Waals surface area (Å²) in [5.74, 6) is 1.20. The molecule has 2 aliphatic heterocycles. The molecule has 0 bridgehead atoms. The molecule has 8 heteroatoms. The molecule has 1 aromatic rings. The summed E-state index contributed by atoms with van der Waals surface area (Å²) in [5.41, 5.74) is -0.229. The van der Waals surface area contributed by atoms with Crippen LogP contribution in [0.3, 0.4) is 0 Å². The number of piperidine rings is 1. The molecular weight excluding hydrogens is 337 g/mol. The minimum absolute atomic E-state index is 0. The highest BCUT2D eigenvalue weighted by Crippen LogP contribution is 2.28. The van der Waals surface area contributed by atoms with E-state index >= 15 is 0 Å². The number of nitrogens with one attached hydrogen (secondary N) is 1. The standard InChI is InChI=1S/C15H23N5O.2ClH/c1-15(3-2-4-17-12-15)14(21)20-9-7-19(8-10-20)13-11-16-5-6-18-13;;/h5-6,11,17H,2-4,7-10,12H2,1H3;2*1H. The summed E-state index contributed by atoms with van der Waals surface area (Å²) in [6, 6.07) is 0. The monoisotopic (exact) mass is 361 g/mol. The van der Waals surface area contributed by atoms with E-state index in [2.05, 4.69) is 27.1 Å². The molecule has 0 aliphatic carbocycles. The van der Waals surface area contributed by atoms with Crippen LogP contribution in [0.2, 0.25) is 0 Å². The zero-order valence-electron chi connectivity index (χ0n) is 13.4. The van der Waals surface area contributed by atoms with Crippen molar-refractivity contribution in [2.75, 3.05) is 44.2 Å². The van der Waals surface area contributed by atoms with Gasteiger partial charge in [0.05, 0.1) is 11.6 Å². The molecule has 130 valence electrons. The third-order valence-corrected chi connectivity index (χ3v) is 4.55. The molecule has 0 radical (unpaired) electrons. The van der Waals surface area contributed by atoms with E-state index < -0.39 is 0 Å². The summed E-state index contributed by atoms with van der Waals surface area (Å²) < 4.78 is 0. The lowest BCUT2D eigenvalue weighted by Crippen LogP contribution is -2.56. The molecule has 6 nitrogen and oxygen atoms in total. The molecule has 3 rings (SSSR count). The first-order valence-electron chi connectivity index (χ1n) is 7.70. The van der Waals surface area contributed by atoms with Gasteiger partial charge in [-0.3, -0.25) is 9.78 Å². The summed E-state index contributed by atoms with van der Waals surface area (Å²) >= 11 is 0. The van der Waals surface area contributed by atoms with Crippen LogP contribution in [0.15, 0.2) is 18.6 Å². The topological polar surface area (TPSA) is 61.4 Å². The number of halogens is 2. The molecule has 0 spiro atoms. The number of anilines is 1. The van der Waals surface area contributed by atoms with Crippen molar-refractivity contribution < 1.29 is 4.79 Å². The molecule has 2 fully saturated rings. The van der Waals surface area contributed by atoms with Gasteiger partial charge in [-0.05, 0) is 26.3 Å². The van der Waals surface area contributed by atoms with Gasteiger partial charge in [-0.15, -0.1) is 24.8 Å². The number of hydrogen-bond acceptors (Lipinski definition) is 5. The van der Waals surface area contributed by atoms with Gasteiger partial charge < -0.3 is 15.1 Å². The number of amides is 1. The highest BCUT2D eigenvalue weighted by atomic mass is 35.5. The third-order valence-electron chi connectivity index (χ3n) is 4.55. The van der Waals surface area contributed by atoms with Gasteiger partial charge in [0, 0.05) is 45.1 Å². The first kappa shape index (κ1) is 19.9. The second kappa shape index (κ2) is 8.66. The summed E-state index contributed by atoms with van der Waals surface area (Å²) in [6.07, 6.45) is 7.25. The van der Waals surface area contributed by atoms with Gasteiger partial charge in [-0.25, -0.2) is 4.98 Å². The van der Waals surface area contributed by atoms with Crippen molar-refractivity contribution in [2.24, 2.45) is 5.41 Å². The Labute approximate surface area is 149 Å². The van der Waals surface area contributed by atoms with Gasteiger partial charge in [0.15, 0.2) is 0 Å². The molecule has 2 aliphatic rings. The Morgan fingerprint density at radius 3 is 2.52 bits per heavy atom. The molecule has 23 heavy (non-hydrogen) atoms. The van der Waals surface area contributed by atoms with Crippen molar-refractivity contribution in [1.29, 1.82) is 0 Å². The zero-order chi connectivity index (χ0) is 14.7. The van der Waals surface area contributed by atoms with Crippen molar-refractivity contribution in [3.05, 3.63) is 18.6 Å². The Balaban J connectivity index is 0.00000132. The number of aromatic nitrogens is 2. The van der Waals surface area contributed by atoms with E-state index in [1.807, 2.05) is 4.90 Å². The van der Waals surface area contributed by atoms with E-state index in [0.29, 0.717) is 5.91 Å². The Morgan fingerprint density at radius 2 is 1.96 bits per heavy atom. The summed E-state index contributed by atoms with van der Waals surface area (Å²) in [6.45, 7) is 7.12. The minimum atomic E-state index is -0.229. The second-order valence-electron chi connectivity index (χ2n) is 6.18. The van der Waals surface area contributed by atoms with Crippen LogP contribution in [0.4, 0.5) is 5.82 Å². The van der Waals surface area contributed by atoms with E-state index in [4.69, 9.17) is 0 Å². The van der Waals surface area contributed by atoms with Crippen molar-refractivity contribution in [3.63, 3.8) is 0 Å². The maximum atomic E-state index is 12.8. The van der Waals surface area contributed by atoms with Gasteiger partial charge in [0.1, 0.15) is 5.82 Å². The van der Waals surface area contributed by atoms with Gasteiger partial charge in [0.2, 0.25) is 5.91 Å². The number of nitrogens with zero attached hydrogens (tertiary/aromatic N) is 4. The molecule has 1 amide bonds. The molecule has 1 N–H and O–H groups in total. The van der Waals surface area contributed by atoms with Crippen LogP contribution in [0.25, 0.3) is 0 Å². The van der Waals surface area contributed by atoms with Crippen LogP contribution in [0.1, 0.15) is 19.8 Å². The van der Waals surface area contributed by atoms with Crippen molar-refractivity contribution in [1.82, 2.24) is 20.2 Å². The molecule has 1 aromatic heterocycles. The van der Waals surface area contributed by atoms with E-state index in [-0.39, 0.29) is 30.2 Å². The molecular formula is C15H25Cl2N5O. The summed E-state index contributed by atoms with van der Waals surface area (Å²) in [4.78, 5) is 25.4. The molecule has 0 aromatic carbocycles. The van der Waals surface area contributed by atoms with Gasteiger partial charge in [-0.1, -0.05) is 0 Å². The summed E-state index contributed by atoms with van der Waals surface area (Å²) in [7, 11) is 0. The number of carbonyl (C=O) groups excluding carboxylic acids is 1. The fraction of sp³-hybridized carbons (Fsp3) is 0.667. The van der Waals surface area contributed by atoms with Crippen molar-refractivity contribution >= 4 is 36.5 Å². The van der Waals surface area contributed by atoms with Crippen LogP contribution in [-0.4, -0.2) is 60.0 Å². The van der Waals surface area contributed by atoms with Crippen LogP contribution in [0, 0.1) is 5.41 Å². The van der Waals surface area contributed by atoms with E-state index in [1.54, 1.807) is 18.6 Å². The average Bonchev–Trinajstić information content (AvgIpc) is 2.56. The lowest BCUT2D eigenvalue weighted by Gasteiger charge is -2.41. The molecule has 0 saturated carbocycles. The molecule has 2 saturated heterocycles. The SMILES string of the molecule is CC1(C(=O)N2CCN(c3cnccn3)CC2)CCCNC1.Cl.Cl. The normalized spacial score (nSPS) is 24.4. The summed E-state index contributed by atoms with van der Waals surface area (Å²) in [5, 5.41) is 3.35. The third kappa shape index (κ3) is 4.46. The van der Waals surface area contributed by atoms with Gasteiger partial charge >= 0.3 is 0 Å². The average molecular weight is 362 g/mol. The Hall–Kier alpha value is -1.11. The minimum Gasteiger partial charge on any atom is -0.352 e. The molecule has 1 unspecified atom stereocenters. The fourth-order valence-corrected chi connectivity index (χ4v) is 3.21. The van der Waals surface area contributed by atoms with Crippen molar-refractivity contribution in [2.45, 2.75) is 19.8 Å². The fourth-order valence-electron chi connectivity index (χ4n) is 3.21. The highest BCUT2D eigenvalue weighted by Gasteiger charge is 2.38. The first-order valence-corrected chi connectivity index (χ1v) is 7.70. The molecule has 1 atom stereocenters. The highest BCUT2D eigenvalue weighted by molar-refractivity contribution is 5.85. The van der Waals surface area contributed by atoms with Gasteiger partial charge in [-0.2, -0.15) is 0 Å². The lowest BCUT2D eigenvalue weighted by atomic mass is 9.81. The first-order chi connectivity index (χ1) is 10.2.